The Morgan fingerprint density at radius 1 is 1.18 bits per heavy atom. The quantitative estimate of drug-likeness (QED) is 0.819. The van der Waals surface area contributed by atoms with Gasteiger partial charge in [0, 0.05) is 6.54 Å². The molecule has 4 heteroatoms. The minimum atomic E-state index is -0.380. The maximum atomic E-state index is 6.03. The number of rotatable bonds is 4. The topological polar surface area (TPSA) is 47.3 Å². The van der Waals surface area contributed by atoms with Gasteiger partial charge in [-0.1, -0.05) is 12.1 Å². The van der Waals surface area contributed by atoms with Crippen LogP contribution >= 0.6 is 0 Å². The van der Waals surface area contributed by atoms with Crippen molar-refractivity contribution in [2.45, 2.75) is 58.8 Å². The van der Waals surface area contributed by atoms with Crippen LogP contribution in [0.1, 0.15) is 58.1 Å². The molecule has 0 saturated carbocycles. The van der Waals surface area contributed by atoms with Crippen molar-refractivity contribution in [1.29, 1.82) is 0 Å². The van der Waals surface area contributed by atoms with Gasteiger partial charge in [-0.2, -0.15) is 0 Å². The van der Waals surface area contributed by atoms with Gasteiger partial charge in [-0.25, -0.2) is 0 Å². The minimum absolute atomic E-state index is 0.317. The first-order valence-corrected chi connectivity index (χ1v) is 6.29. The molecule has 0 atom stereocenters. The summed E-state index contributed by atoms with van der Waals surface area (Å²) in [5.41, 5.74) is 1.40. The number of ether oxygens (including phenoxy) is 1. The van der Waals surface area contributed by atoms with Gasteiger partial charge < -0.3 is 14.6 Å². The molecule has 1 aromatic heterocycles. The van der Waals surface area contributed by atoms with Gasteiger partial charge in [0.25, 0.3) is 0 Å². The Morgan fingerprint density at radius 3 is 2.53 bits per heavy atom. The Kier molecular flexibility index (Phi) is 3.04. The molecule has 0 saturated heterocycles. The lowest BCUT2D eigenvalue weighted by atomic mass is 9.95. The molecule has 0 aliphatic carbocycles. The summed E-state index contributed by atoms with van der Waals surface area (Å²) in [4.78, 5) is 0. The van der Waals surface area contributed by atoms with E-state index < -0.39 is 0 Å². The predicted octanol–water partition coefficient (Wildman–Crippen LogP) is 2.67. The highest BCUT2D eigenvalue weighted by Gasteiger charge is 2.48. The van der Waals surface area contributed by atoms with Crippen molar-refractivity contribution in [1.82, 2.24) is 10.5 Å². The molecule has 1 aromatic rings. The summed E-state index contributed by atoms with van der Waals surface area (Å²) in [6.07, 6.45) is 1.12. The van der Waals surface area contributed by atoms with Crippen molar-refractivity contribution in [3.05, 3.63) is 17.0 Å². The summed E-state index contributed by atoms with van der Waals surface area (Å²) in [5.74, 6) is 0.871. The maximum Gasteiger partial charge on any atom is 0.174 e. The third kappa shape index (κ3) is 2.11. The molecule has 1 N–H and O–H groups in total. The van der Waals surface area contributed by atoms with Gasteiger partial charge in [0.2, 0.25) is 0 Å². The van der Waals surface area contributed by atoms with E-state index >= 15 is 0 Å². The molecule has 0 radical (unpaired) electrons. The number of nitrogens with one attached hydrogen (secondary N) is 1. The van der Waals surface area contributed by atoms with Crippen molar-refractivity contribution in [3.8, 4) is 0 Å². The number of hydrogen-bond acceptors (Lipinski definition) is 4. The van der Waals surface area contributed by atoms with Crippen LogP contribution in [0, 0.1) is 0 Å². The van der Waals surface area contributed by atoms with E-state index in [9.17, 15) is 0 Å². The van der Waals surface area contributed by atoms with Gasteiger partial charge in [0.15, 0.2) is 5.76 Å². The van der Waals surface area contributed by atoms with E-state index in [2.05, 4.69) is 31.2 Å². The van der Waals surface area contributed by atoms with E-state index in [1.807, 2.05) is 13.8 Å². The molecular weight excluding hydrogens is 216 g/mol. The van der Waals surface area contributed by atoms with Gasteiger partial charge in [-0.3, -0.25) is 0 Å². The molecule has 2 rings (SSSR count). The summed E-state index contributed by atoms with van der Waals surface area (Å²) < 4.78 is 11.5. The third-order valence-corrected chi connectivity index (χ3v) is 3.14. The van der Waals surface area contributed by atoms with Crippen LogP contribution in [0.4, 0.5) is 0 Å². The smallest absolute Gasteiger partial charge is 0.174 e. The molecule has 96 valence electrons. The van der Waals surface area contributed by atoms with E-state index in [1.165, 1.54) is 0 Å². The Morgan fingerprint density at radius 2 is 1.88 bits per heavy atom. The zero-order chi connectivity index (χ0) is 12.7. The monoisotopic (exact) mass is 238 g/mol. The number of nitrogens with zero attached hydrogens (tertiary/aromatic N) is 1. The van der Waals surface area contributed by atoms with Crippen LogP contribution in [0.5, 0.6) is 0 Å². The maximum absolute atomic E-state index is 6.03. The zero-order valence-electron chi connectivity index (χ0n) is 11.4. The molecule has 0 bridgehead atoms. The largest absolute Gasteiger partial charge is 0.358 e. The fourth-order valence-corrected chi connectivity index (χ4v) is 2.59. The lowest BCUT2D eigenvalue weighted by molar-refractivity contribution is -0.114. The summed E-state index contributed by atoms with van der Waals surface area (Å²) in [5, 5.41) is 7.54. The summed E-state index contributed by atoms with van der Waals surface area (Å²) >= 11 is 0. The highest BCUT2D eigenvalue weighted by molar-refractivity contribution is 5.36. The highest BCUT2D eigenvalue weighted by Crippen LogP contribution is 2.47. The standard InChI is InChI=1S/C13H22N2O2/c1-6-7-14-8-9-10-11(16-15-9)13(4,5)17-12(10,2)3/h14H,6-8H2,1-5H3. The second-order valence-corrected chi connectivity index (χ2v) is 5.63. The summed E-state index contributed by atoms with van der Waals surface area (Å²) in [6, 6.07) is 0. The van der Waals surface area contributed by atoms with E-state index in [1.54, 1.807) is 0 Å². The van der Waals surface area contributed by atoms with Crippen LogP contribution in [-0.2, 0) is 22.5 Å². The Balaban J connectivity index is 2.28. The van der Waals surface area contributed by atoms with Gasteiger partial charge in [0.1, 0.15) is 11.3 Å². The van der Waals surface area contributed by atoms with Crippen LogP contribution < -0.4 is 5.32 Å². The molecular formula is C13H22N2O2. The average molecular weight is 238 g/mol. The number of fused-ring (bicyclic) bond motifs is 1. The van der Waals surface area contributed by atoms with E-state index in [0.29, 0.717) is 0 Å². The first kappa shape index (κ1) is 12.6. The number of hydrogen-bond donors (Lipinski definition) is 1. The van der Waals surface area contributed by atoms with Crippen LogP contribution in [-0.4, -0.2) is 11.7 Å². The summed E-state index contributed by atoms with van der Waals surface area (Å²) in [7, 11) is 0. The Labute approximate surface area is 103 Å². The first-order chi connectivity index (χ1) is 7.88. The average Bonchev–Trinajstić information content (AvgIpc) is 2.68. The fraction of sp³-hybridized carbons (Fsp3) is 0.769. The highest BCUT2D eigenvalue weighted by atomic mass is 16.6. The molecule has 1 aliphatic heterocycles. The van der Waals surface area contributed by atoms with Gasteiger partial charge in [0.05, 0.1) is 11.2 Å². The molecule has 0 fully saturated rings. The molecule has 2 heterocycles. The van der Waals surface area contributed by atoms with E-state index in [-0.39, 0.29) is 11.2 Å². The van der Waals surface area contributed by atoms with E-state index in [4.69, 9.17) is 9.26 Å². The second-order valence-electron chi connectivity index (χ2n) is 5.63. The number of aromatic nitrogens is 1. The van der Waals surface area contributed by atoms with Gasteiger partial charge in [-0.05, 0) is 40.7 Å². The molecule has 0 unspecified atom stereocenters. The molecule has 0 amide bonds. The van der Waals surface area contributed by atoms with Gasteiger partial charge >= 0.3 is 0 Å². The molecule has 17 heavy (non-hydrogen) atoms. The van der Waals surface area contributed by atoms with Crippen molar-refractivity contribution in [2.75, 3.05) is 6.54 Å². The summed E-state index contributed by atoms with van der Waals surface area (Å²) in [6.45, 7) is 12.1. The normalized spacial score (nSPS) is 20.5. The van der Waals surface area contributed by atoms with Crippen LogP contribution in [0.3, 0.4) is 0 Å². The Bertz CT molecular complexity index is 408. The lowest BCUT2D eigenvalue weighted by Gasteiger charge is -2.24. The lowest BCUT2D eigenvalue weighted by Crippen LogP contribution is -2.24. The first-order valence-electron chi connectivity index (χ1n) is 6.29. The van der Waals surface area contributed by atoms with Crippen molar-refractivity contribution in [2.24, 2.45) is 0 Å². The molecule has 0 aromatic carbocycles. The van der Waals surface area contributed by atoms with Crippen LogP contribution in [0.15, 0.2) is 4.52 Å². The minimum Gasteiger partial charge on any atom is -0.358 e. The molecule has 0 spiro atoms. The Hall–Kier alpha value is -0.870. The van der Waals surface area contributed by atoms with Crippen LogP contribution in [0.2, 0.25) is 0 Å². The fourth-order valence-electron chi connectivity index (χ4n) is 2.59. The van der Waals surface area contributed by atoms with Gasteiger partial charge in [-0.15, -0.1) is 0 Å². The van der Waals surface area contributed by atoms with Crippen molar-refractivity contribution < 1.29 is 9.26 Å². The third-order valence-electron chi connectivity index (χ3n) is 3.14. The van der Waals surface area contributed by atoms with Crippen molar-refractivity contribution >= 4 is 0 Å². The van der Waals surface area contributed by atoms with Crippen molar-refractivity contribution in [3.63, 3.8) is 0 Å². The zero-order valence-corrected chi connectivity index (χ0v) is 11.4. The van der Waals surface area contributed by atoms with E-state index in [0.717, 1.165) is 36.5 Å². The second kappa shape index (κ2) is 4.10. The molecule has 1 aliphatic rings. The SMILES string of the molecule is CCCNCc1noc2c1C(C)(C)OC2(C)C. The predicted molar refractivity (Wildman–Crippen MR) is 65.6 cm³/mol. The molecule has 4 nitrogen and oxygen atoms in total. The van der Waals surface area contributed by atoms with Crippen LogP contribution in [0.25, 0.3) is 0 Å².